The van der Waals surface area contributed by atoms with Gasteiger partial charge in [-0.05, 0) is 101 Å². The zero-order valence-corrected chi connectivity index (χ0v) is 23.2. The Morgan fingerprint density at radius 2 is 1.10 bits per heavy atom. The van der Waals surface area contributed by atoms with E-state index in [0.717, 1.165) is 27.2 Å². The van der Waals surface area contributed by atoms with Crippen molar-refractivity contribution in [1.82, 2.24) is 0 Å². The molecule has 0 aliphatic heterocycles. The number of rotatable bonds is 2. The molecule has 0 radical (unpaired) electrons. The van der Waals surface area contributed by atoms with E-state index in [4.69, 9.17) is 4.42 Å². The summed E-state index contributed by atoms with van der Waals surface area (Å²) in [7, 11) is 0. The summed E-state index contributed by atoms with van der Waals surface area (Å²) in [6.45, 7) is 6.58. The highest BCUT2D eigenvalue weighted by molar-refractivity contribution is 6.26. The van der Waals surface area contributed by atoms with E-state index in [2.05, 4.69) is 129 Å². The van der Waals surface area contributed by atoms with Crippen LogP contribution in [-0.4, -0.2) is 0 Å². The van der Waals surface area contributed by atoms with Gasteiger partial charge in [0.25, 0.3) is 0 Å². The van der Waals surface area contributed by atoms with Gasteiger partial charge in [-0.1, -0.05) is 116 Å². The van der Waals surface area contributed by atoms with E-state index in [9.17, 15) is 0 Å². The van der Waals surface area contributed by atoms with Crippen LogP contribution in [0.15, 0.2) is 132 Å². The number of benzene rings is 8. The number of furan rings is 1. The van der Waals surface area contributed by atoms with Crippen LogP contribution >= 0.6 is 0 Å². The summed E-state index contributed by atoms with van der Waals surface area (Å²) in [5.74, 6) is 0. The molecular formula is C41H26O. The molecule has 1 nitrogen and oxygen atoms in total. The van der Waals surface area contributed by atoms with Crippen LogP contribution in [0.4, 0.5) is 0 Å². The maximum Gasteiger partial charge on any atom is 0.135 e. The van der Waals surface area contributed by atoms with Crippen molar-refractivity contribution in [2.24, 2.45) is 0 Å². The predicted octanol–water partition coefficient (Wildman–Crippen LogP) is 11.0. The van der Waals surface area contributed by atoms with Gasteiger partial charge in [0.2, 0.25) is 0 Å². The molecule has 0 saturated heterocycles. The minimum absolute atomic E-state index is 0.917. The van der Waals surface area contributed by atoms with Gasteiger partial charge in [-0.2, -0.15) is 0 Å². The normalized spacial score (nSPS) is 12.0. The molecule has 9 rings (SSSR count). The molecule has 196 valence electrons. The third kappa shape index (κ3) is 3.14. The van der Waals surface area contributed by atoms with E-state index in [0.29, 0.717) is 0 Å². The van der Waals surface area contributed by atoms with Gasteiger partial charge in [0.1, 0.15) is 11.2 Å². The molecule has 8 aromatic carbocycles. The molecule has 9 aromatic rings. The maximum absolute atomic E-state index is 6.17. The predicted molar refractivity (Wildman–Crippen MR) is 180 cm³/mol. The molecule has 0 unspecified atom stereocenters. The lowest BCUT2D eigenvalue weighted by Gasteiger charge is -2.20. The van der Waals surface area contributed by atoms with Crippen molar-refractivity contribution in [3.8, 4) is 22.3 Å². The number of para-hydroxylation sites is 1. The molecular weight excluding hydrogens is 508 g/mol. The largest absolute Gasteiger partial charge is 0.456 e. The molecule has 0 aliphatic rings. The van der Waals surface area contributed by atoms with Crippen molar-refractivity contribution in [1.29, 1.82) is 0 Å². The fraction of sp³-hybridized carbons (Fsp3) is 0.0244. The summed E-state index contributed by atoms with van der Waals surface area (Å²) < 4.78 is 6.17. The van der Waals surface area contributed by atoms with Crippen LogP contribution in [0.3, 0.4) is 0 Å². The van der Waals surface area contributed by atoms with Crippen LogP contribution in [-0.2, 0) is 0 Å². The third-order valence-electron chi connectivity index (χ3n) is 9.07. The minimum Gasteiger partial charge on any atom is -0.456 e. The highest BCUT2D eigenvalue weighted by Gasteiger charge is 2.20. The highest BCUT2D eigenvalue weighted by Crippen LogP contribution is 2.47. The molecule has 0 atom stereocenters. The molecule has 1 aromatic heterocycles. The van der Waals surface area contributed by atoms with Crippen molar-refractivity contribution in [3.05, 3.63) is 138 Å². The lowest BCUT2D eigenvalue weighted by atomic mass is 9.83. The van der Waals surface area contributed by atoms with E-state index in [1.54, 1.807) is 0 Å². The van der Waals surface area contributed by atoms with Gasteiger partial charge in [-0.25, -0.2) is 0 Å². The SMILES string of the molecule is C=c1ccc2ccc(-c3c4ccccc4c(-c4ccc5oc6ccccc6c5c4)c4ccccc34)c3ccc(C)c1c23. The van der Waals surface area contributed by atoms with E-state index in [1.807, 2.05) is 12.1 Å². The maximum atomic E-state index is 6.17. The Morgan fingerprint density at radius 3 is 1.83 bits per heavy atom. The van der Waals surface area contributed by atoms with Gasteiger partial charge >= 0.3 is 0 Å². The summed E-state index contributed by atoms with van der Waals surface area (Å²) in [5.41, 5.74) is 8.09. The number of hydrogen-bond donors (Lipinski definition) is 0. The zero-order valence-electron chi connectivity index (χ0n) is 23.2. The van der Waals surface area contributed by atoms with Crippen LogP contribution in [0.2, 0.25) is 0 Å². The Labute approximate surface area is 242 Å². The van der Waals surface area contributed by atoms with Crippen molar-refractivity contribution >= 4 is 71.6 Å². The van der Waals surface area contributed by atoms with Gasteiger partial charge in [0.15, 0.2) is 0 Å². The summed E-state index contributed by atoms with van der Waals surface area (Å²) in [6, 6.07) is 46.2. The van der Waals surface area contributed by atoms with Crippen LogP contribution in [0.1, 0.15) is 5.56 Å². The van der Waals surface area contributed by atoms with Gasteiger partial charge in [0.05, 0.1) is 0 Å². The summed E-state index contributed by atoms with van der Waals surface area (Å²) in [4.78, 5) is 0. The Bertz CT molecular complexity index is 2540. The minimum atomic E-state index is 0.917. The zero-order chi connectivity index (χ0) is 27.9. The standard InChI is InChI=1S/C41H26O/c1-24-15-17-26-18-21-34(33-20-16-25(2)38(24)40(26)33)41-31-12-5-3-10-29(31)39(30-11-4-6-13-32(30)41)27-19-22-37-35(23-27)28-9-7-8-14-36(28)42-37/h3-23H,1H2,2H3. The number of hydrogen-bond acceptors (Lipinski definition) is 1. The van der Waals surface area contributed by atoms with Crippen LogP contribution in [0.25, 0.3) is 93.9 Å². The fourth-order valence-electron chi connectivity index (χ4n) is 7.23. The van der Waals surface area contributed by atoms with Crippen LogP contribution < -0.4 is 5.22 Å². The topological polar surface area (TPSA) is 13.1 Å². The molecule has 0 aliphatic carbocycles. The average Bonchev–Trinajstić information content (AvgIpc) is 3.40. The summed E-state index contributed by atoms with van der Waals surface area (Å²) >= 11 is 0. The second-order valence-electron chi connectivity index (χ2n) is 11.4. The Hall–Kier alpha value is -5.40. The summed E-state index contributed by atoms with van der Waals surface area (Å²) in [6.07, 6.45) is 0. The second-order valence-corrected chi connectivity index (χ2v) is 11.4. The first-order valence-corrected chi connectivity index (χ1v) is 14.5. The quantitative estimate of drug-likeness (QED) is 0.201. The molecule has 0 N–H and O–H groups in total. The average molecular weight is 535 g/mol. The van der Waals surface area contributed by atoms with E-state index in [1.165, 1.54) is 70.9 Å². The molecule has 1 heteroatoms. The van der Waals surface area contributed by atoms with Gasteiger partial charge in [-0.3, -0.25) is 0 Å². The van der Waals surface area contributed by atoms with Crippen molar-refractivity contribution in [2.45, 2.75) is 6.92 Å². The smallest absolute Gasteiger partial charge is 0.135 e. The van der Waals surface area contributed by atoms with E-state index in [-0.39, 0.29) is 0 Å². The Kier molecular flexibility index (Phi) is 4.75. The molecule has 0 spiro atoms. The first kappa shape index (κ1) is 23.3. The lowest BCUT2D eigenvalue weighted by molar-refractivity contribution is 0.669. The second kappa shape index (κ2) is 8.55. The Morgan fingerprint density at radius 1 is 0.476 bits per heavy atom. The molecule has 0 amide bonds. The lowest BCUT2D eigenvalue weighted by Crippen LogP contribution is -2.02. The molecule has 42 heavy (non-hydrogen) atoms. The first-order chi connectivity index (χ1) is 20.7. The van der Waals surface area contributed by atoms with Crippen LogP contribution in [0, 0.1) is 6.92 Å². The van der Waals surface area contributed by atoms with Crippen molar-refractivity contribution < 1.29 is 4.42 Å². The first-order valence-electron chi connectivity index (χ1n) is 14.5. The summed E-state index contributed by atoms with van der Waals surface area (Å²) in [5, 5.41) is 13.5. The monoisotopic (exact) mass is 534 g/mol. The van der Waals surface area contributed by atoms with Gasteiger partial charge in [-0.15, -0.1) is 0 Å². The Balaban J connectivity index is 1.43. The third-order valence-corrected chi connectivity index (χ3v) is 9.07. The number of fused-ring (bicyclic) bond motifs is 5. The number of aryl methyl sites for hydroxylation is 1. The molecule has 1 heterocycles. The van der Waals surface area contributed by atoms with Crippen molar-refractivity contribution in [2.75, 3.05) is 0 Å². The fourth-order valence-corrected chi connectivity index (χ4v) is 7.23. The molecule has 0 fully saturated rings. The van der Waals surface area contributed by atoms with Gasteiger partial charge in [0, 0.05) is 10.8 Å². The highest BCUT2D eigenvalue weighted by atomic mass is 16.3. The van der Waals surface area contributed by atoms with E-state index < -0.39 is 0 Å². The molecule has 0 saturated carbocycles. The van der Waals surface area contributed by atoms with Crippen molar-refractivity contribution in [3.63, 3.8) is 0 Å². The molecule has 0 bridgehead atoms. The van der Waals surface area contributed by atoms with E-state index >= 15 is 0 Å². The van der Waals surface area contributed by atoms with Crippen LogP contribution in [0.5, 0.6) is 0 Å². The van der Waals surface area contributed by atoms with Gasteiger partial charge < -0.3 is 4.42 Å².